The minimum atomic E-state index is -0.147. The van der Waals surface area contributed by atoms with Crippen LogP contribution in [0.1, 0.15) is 22.5 Å². The second-order valence-electron chi connectivity index (χ2n) is 6.46. The van der Waals surface area contributed by atoms with E-state index < -0.39 is 0 Å². The molecule has 0 atom stereocenters. The van der Waals surface area contributed by atoms with E-state index in [2.05, 4.69) is 21.6 Å². The van der Waals surface area contributed by atoms with Crippen molar-refractivity contribution in [3.8, 4) is 5.75 Å². The van der Waals surface area contributed by atoms with Crippen molar-refractivity contribution in [1.29, 1.82) is 0 Å². The second-order valence-corrected chi connectivity index (χ2v) is 6.90. The zero-order chi connectivity index (χ0) is 19.5. The highest BCUT2D eigenvalue weighted by atomic mass is 35.5. The first-order valence-electron chi connectivity index (χ1n) is 9.00. The number of benzene rings is 2. The highest BCUT2D eigenvalue weighted by molar-refractivity contribution is 6.31. The number of hydrogen-bond donors (Lipinski definition) is 1. The Labute approximate surface area is 168 Å². The first-order valence-corrected chi connectivity index (χ1v) is 9.37. The Balaban J connectivity index is 1.54. The van der Waals surface area contributed by atoms with Crippen molar-refractivity contribution in [1.82, 2.24) is 10.2 Å². The molecule has 142 valence electrons. The molecule has 4 rings (SSSR count). The summed E-state index contributed by atoms with van der Waals surface area (Å²) in [5.41, 5.74) is 3.11. The summed E-state index contributed by atoms with van der Waals surface area (Å²) in [7, 11) is 1.58. The molecule has 0 saturated heterocycles. The lowest BCUT2D eigenvalue weighted by Gasteiger charge is -2.29. The molecule has 0 bridgehead atoms. The van der Waals surface area contributed by atoms with Gasteiger partial charge in [0.25, 0.3) is 5.91 Å². The fourth-order valence-electron chi connectivity index (χ4n) is 3.31. The Morgan fingerprint density at radius 2 is 2.00 bits per heavy atom. The average molecular weight is 395 g/mol. The Kier molecular flexibility index (Phi) is 5.12. The lowest BCUT2D eigenvalue weighted by Crippen LogP contribution is -2.36. The van der Waals surface area contributed by atoms with Gasteiger partial charge in [-0.25, -0.2) is 0 Å². The summed E-state index contributed by atoms with van der Waals surface area (Å²) in [6.07, 6.45) is 1.92. The van der Waals surface area contributed by atoms with Gasteiger partial charge < -0.3 is 15.0 Å². The summed E-state index contributed by atoms with van der Waals surface area (Å²) in [6.45, 7) is 0.678. The smallest absolute Gasteiger partial charge is 0.278 e. The largest absolute Gasteiger partial charge is 0.495 e. The molecular weight excluding hydrogens is 376 g/mol. The van der Waals surface area contributed by atoms with E-state index in [9.17, 15) is 4.79 Å². The minimum Gasteiger partial charge on any atom is -0.495 e. The first-order chi connectivity index (χ1) is 13.7. The molecule has 0 unspecified atom stereocenters. The number of carbonyl (C=O) groups excluding carboxylic acids is 1. The van der Waals surface area contributed by atoms with E-state index in [0.717, 1.165) is 18.5 Å². The third kappa shape index (κ3) is 3.64. The van der Waals surface area contributed by atoms with Crippen LogP contribution in [0.5, 0.6) is 5.75 Å². The summed E-state index contributed by atoms with van der Waals surface area (Å²) in [5, 5.41) is 12.0. The van der Waals surface area contributed by atoms with Crippen LogP contribution in [-0.2, 0) is 6.42 Å². The number of nitrogens with zero attached hydrogens (tertiary/aromatic N) is 3. The fourth-order valence-corrected chi connectivity index (χ4v) is 3.48. The Morgan fingerprint density at radius 3 is 2.79 bits per heavy atom. The van der Waals surface area contributed by atoms with Gasteiger partial charge in [-0.1, -0.05) is 29.8 Å². The van der Waals surface area contributed by atoms with Crippen LogP contribution in [0.2, 0.25) is 5.02 Å². The van der Waals surface area contributed by atoms with E-state index >= 15 is 0 Å². The van der Waals surface area contributed by atoms with Gasteiger partial charge in [-0.3, -0.25) is 4.79 Å². The summed E-state index contributed by atoms with van der Waals surface area (Å²) < 4.78 is 5.32. The van der Waals surface area contributed by atoms with E-state index in [4.69, 9.17) is 16.3 Å². The molecule has 3 aromatic rings. The second kappa shape index (κ2) is 7.86. The zero-order valence-corrected chi connectivity index (χ0v) is 16.1. The number of halogens is 1. The number of fused-ring (bicyclic) bond motifs is 1. The van der Waals surface area contributed by atoms with Crippen molar-refractivity contribution < 1.29 is 9.53 Å². The molecule has 0 aliphatic carbocycles. The molecule has 6 nitrogen and oxygen atoms in total. The summed E-state index contributed by atoms with van der Waals surface area (Å²) in [4.78, 5) is 14.7. The first kappa shape index (κ1) is 18.3. The van der Waals surface area contributed by atoms with Crippen molar-refractivity contribution >= 4 is 34.7 Å². The summed E-state index contributed by atoms with van der Waals surface area (Å²) in [6, 6.07) is 16.6. The van der Waals surface area contributed by atoms with Crippen LogP contribution in [-0.4, -0.2) is 29.8 Å². The summed E-state index contributed by atoms with van der Waals surface area (Å²) in [5.74, 6) is 0.985. The third-order valence-electron chi connectivity index (χ3n) is 4.66. The van der Waals surface area contributed by atoms with Gasteiger partial charge in [0.1, 0.15) is 5.75 Å². The molecule has 2 aromatic carbocycles. The average Bonchev–Trinajstić information content (AvgIpc) is 2.73. The Hall–Kier alpha value is -3.12. The van der Waals surface area contributed by atoms with Crippen LogP contribution in [0.4, 0.5) is 17.2 Å². The van der Waals surface area contributed by atoms with E-state index in [0.29, 0.717) is 34.5 Å². The molecule has 7 heteroatoms. The van der Waals surface area contributed by atoms with Gasteiger partial charge >= 0.3 is 0 Å². The fraction of sp³-hybridized carbons (Fsp3) is 0.190. The highest BCUT2D eigenvalue weighted by Gasteiger charge is 2.24. The monoisotopic (exact) mass is 394 g/mol. The van der Waals surface area contributed by atoms with Crippen LogP contribution in [0.15, 0.2) is 54.6 Å². The van der Waals surface area contributed by atoms with Crippen molar-refractivity contribution in [3.63, 3.8) is 0 Å². The van der Waals surface area contributed by atoms with Gasteiger partial charge in [-0.15, -0.1) is 10.2 Å². The van der Waals surface area contributed by atoms with Gasteiger partial charge in [0.2, 0.25) is 0 Å². The van der Waals surface area contributed by atoms with Crippen LogP contribution in [0.3, 0.4) is 0 Å². The minimum absolute atomic E-state index is 0.147. The maximum atomic E-state index is 12.9. The third-order valence-corrected chi connectivity index (χ3v) is 4.90. The topological polar surface area (TPSA) is 67.3 Å². The number of hydrogen-bond acceptors (Lipinski definition) is 5. The molecule has 0 spiro atoms. The standard InChI is InChI=1S/C21H19ClN4O2/c1-28-19-10-8-15(22)13-17(19)23-20-11-9-16(24-25-20)21(27)26-12-4-6-14-5-2-3-7-18(14)26/h2-3,5,7-11,13H,4,6,12H2,1H3,(H,23,25). The van der Waals surface area contributed by atoms with Crippen LogP contribution in [0, 0.1) is 0 Å². The lowest BCUT2D eigenvalue weighted by atomic mass is 10.0. The number of methoxy groups -OCH3 is 1. The van der Waals surface area contributed by atoms with E-state index in [1.165, 1.54) is 5.56 Å². The Bertz CT molecular complexity index is 1010. The van der Waals surface area contributed by atoms with Gasteiger partial charge in [-0.2, -0.15) is 0 Å². The zero-order valence-electron chi connectivity index (χ0n) is 15.4. The number of amides is 1. The van der Waals surface area contributed by atoms with E-state index in [-0.39, 0.29) is 5.91 Å². The highest BCUT2D eigenvalue weighted by Crippen LogP contribution is 2.30. The molecule has 1 aromatic heterocycles. The predicted octanol–water partition coefficient (Wildman–Crippen LogP) is 4.48. The van der Waals surface area contributed by atoms with Crippen LogP contribution < -0.4 is 15.0 Å². The number of nitrogens with one attached hydrogen (secondary N) is 1. The normalized spacial score (nSPS) is 13.0. The molecule has 0 fully saturated rings. The molecular formula is C21H19ClN4O2. The molecule has 2 heterocycles. The van der Waals surface area contributed by atoms with Crippen molar-refractivity contribution in [2.24, 2.45) is 0 Å². The van der Waals surface area contributed by atoms with Gasteiger partial charge in [-0.05, 0) is 54.8 Å². The van der Waals surface area contributed by atoms with Crippen molar-refractivity contribution in [2.45, 2.75) is 12.8 Å². The number of aromatic nitrogens is 2. The van der Waals surface area contributed by atoms with Gasteiger partial charge in [0.05, 0.1) is 12.8 Å². The van der Waals surface area contributed by atoms with E-state index in [1.807, 2.05) is 18.2 Å². The van der Waals surface area contributed by atoms with Crippen molar-refractivity contribution in [2.75, 3.05) is 23.9 Å². The number of aryl methyl sites for hydroxylation is 1. The predicted molar refractivity (Wildman–Crippen MR) is 110 cm³/mol. The number of anilines is 3. The van der Waals surface area contributed by atoms with Crippen molar-refractivity contribution in [3.05, 3.63) is 70.9 Å². The molecule has 1 aliphatic heterocycles. The van der Waals surface area contributed by atoms with Gasteiger partial charge in [0.15, 0.2) is 11.5 Å². The number of carbonyl (C=O) groups is 1. The number of ether oxygens (including phenoxy) is 1. The Morgan fingerprint density at radius 1 is 1.14 bits per heavy atom. The quantitative estimate of drug-likeness (QED) is 0.706. The van der Waals surface area contributed by atoms with Crippen LogP contribution in [0.25, 0.3) is 0 Å². The van der Waals surface area contributed by atoms with E-state index in [1.54, 1.807) is 42.3 Å². The van der Waals surface area contributed by atoms with Gasteiger partial charge in [0, 0.05) is 17.3 Å². The number of rotatable bonds is 4. The molecule has 1 N–H and O–H groups in total. The molecule has 0 radical (unpaired) electrons. The molecule has 1 aliphatic rings. The molecule has 28 heavy (non-hydrogen) atoms. The van der Waals surface area contributed by atoms with Crippen LogP contribution >= 0.6 is 11.6 Å². The number of para-hydroxylation sites is 1. The maximum absolute atomic E-state index is 12.9. The maximum Gasteiger partial charge on any atom is 0.278 e. The molecule has 0 saturated carbocycles. The summed E-state index contributed by atoms with van der Waals surface area (Å²) >= 11 is 6.05. The molecule has 1 amide bonds. The SMILES string of the molecule is COc1ccc(Cl)cc1Nc1ccc(C(=O)N2CCCc3ccccc32)nn1. The lowest BCUT2D eigenvalue weighted by molar-refractivity contribution is 0.0979.